The number of nitrogens with zero attached hydrogens (tertiary/aromatic N) is 1. The normalized spacial score (nSPS) is 21.6. The van der Waals surface area contributed by atoms with Crippen LogP contribution in [0.15, 0.2) is 18.2 Å². The van der Waals surface area contributed by atoms with Crippen molar-refractivity contribution in [1.82, 2.24) is 10.2 Å². The largest absolute Gasteiger partial charge is 0.481 e. The number of hydrogen-bond acceptors (Lipinski definition) is 4. The Morgan fingerprint density at radius 2 is 1.92 bits per heavy atom. The van der Waals surface area contributed by atoms with Crippen molar-refractivity contribution in [2.75, 3.05) is 13.3 Å². The first-order valence-electron chi connectivity index (χ1n) is 8.73. The SMILES string of the molecule is CCN(Cc1ccc2c(c1)OCO2)C(=O)NC1CCC(C(=O)O)CC1. The van der Waals surface area contributed by atoms with Gasteiger partial charge in [0.2, 0.25) is 6.79 Å². The zero-order chi connectivity index (χ0) is 17.8. The molecule has 1 heterocycles. The molecule has 0 atom stereocenters. The van der Waals surface area contributed by atoms with E-state index < -0.39 is 5.97 Å². The topological polar surface area (TPSA) is 88.1 Å². The van der Waals surface area contributed by atoms with Gasteiger partial charge in [0.25, 0.3) is 0 Å². The molecule has 1 aliphatic carbocycles. The van der Waals surface area contributed by atoms with Crippen molar-refractivity contribution < 1.29 is 24.2 Å². The van der Waals surface area contributed by atoms with E-state index in [1.165, 1.54) is 0 Å². The molecule has 7 nitrogen and oxygen atoms in total. The Bertz CT molecular complexity index is 640. The number of ether oxygens (including phenoxy) is 2. The molecule has 0 radical (unpaired) electrons. The van der Waals surface area contributed by atoms with Crippen LogP contribution in [-0.2, 0) is 11.3 Å². The fourth-order valence-electron chi connectivity index (χ4n) is 3.34. The van der Waals surface area contributed by atoms with Crippen LogP contribution in [0, 0.1) is 5.92 Å². The average Bonchev–Trinajstić information content (AvgIpc) is 3.07. The van der Waals surface area contributed by atoms with Crippen molar-refractivity contribution >= 4 is 12.0 Å². The smallest absolute Gasteiger partial charge is 0.317 e. The van der Waals surface area contributed by atoms with Crippen LogP contribution in [0.1, 0.15) is 38.2 Å². The third-order valence-corrected chi connectivity index (χ3v) is 4.88. The second kappa shape index (κ2) is 7.63. The lowest BCUT2D eigenvalue weighted by molar-refractivity contribution is -0.142. The Morgan fingerprint density at radius 3 is 2.60 bits per heavy atom. The summed E-state index contributed by atoms with van der Waals surface area (Å²) in [6.07, 6.45) is 2.66. The van der Waals surface area contributed by atoms with E-state index in [2.05, 4.69) is 5.32 Å². The van der Waals surface area contributed by atoms with E-state index in [-0.39, 0.29) is 24.8 Å². The Balaban J connectivity index is 1.54. The first-order valence-corrected chi connectivity index (χ1v) is 8.73. The number of aliphatic carboxylic acids is 1. The molecule has 2 N–H and O–H groups in total. The number of carboxylic acid groups (broad SMARTS) is 1. The Morgan fingerprint density at radius 1 is 1.20 bits per heavy atom. The Hall–Kier alpha value is -2.44. The maximum atomic E-state index is 12.5. The summed E-state index contributed by atoms with van der Waals surface area (Å²) in [6, 6.07) is 5.63. The van der Waals surface area contributed by atoms with E-state index in [1.54, 1.807) is 4.90 Å². The lowest BCUT2D eigenvalue weighted by Crippen LogP contribution is -2.46. The van der Waals surface area contributed by atoms with Gasteiger partial charge in [-0.3, -0.25) is 4.79 Å². The molecule has 0 saturated heterocycles. The summed E-state index contributed by atoms with van der Waals surface area (Å²) in [5.41, 5.74) is 0.982. The minimum atomic E-state index is -0.734. The van der Waals surface area contributed by atoms with Crippen LogP contribution in [-0.4, -0.2) is 41.4 Å². The number of carbonyl (C=O) groups excluding carboxylic acids is 1. The molecular weight excluding hydrogens is 324 g/mol. The molecule has 1 fully saturated rings. The molecule has 1 aromatic rings. The maximum absolute atomic E-state index is 12.5. The molecule has 2 aliphatic rings. The van der Waals surface area contributed by atoms with Gasteiger partial charge in [0.05, 0.1) is 5.92 Å². The van der Waals surface area contributed by atoms with Crippen LogP contribution in [0.5, 0.6) is 11.5 Å². The highest BCUT2D eigenvalue weighted by Crippen LogP contribution is 2.32. The number of hydrogen-bond donors (Lipinski definition) is 2. The van der Waals surface area contributed by atoms with Gasteiger partial charge in [-0.05, 0) is 50.3 Å². The van der Waals surface area contributed by atoms with Crippen molar-refractivity contribution in [1.29, 1.82) is 0 Å². The van der Waals surface area contributed by atoms with Gasteiger partial charge in [-0.25, -0.2) is 4.79 Å². The number of carboxylic acids is 1. The summed E-state index contributed by atoms with van der Waals surface area (Å²) in [5.74, 6) is 0.430. The number of amides is 2. The Labute approximate surface area is 146 Å². The number of nitrogens with one attached hydrogen (secondary N) is 1. The highest BCUT2D eigenvalue weighted by Gasteiger charge is 2.27. The van der Waals surface area contributed by atoms with Gasteiger partial charge in [0.1, 0.15) is 0 Å². The van der Waals surface area contributed by atoms with E-state index >= 15 is 0 Å². The summed E-state index contributed by atoms with van der Waals surface area (Å²) in [4.78, 5) is 25.3. The lowest BCUT2D eigenvalue weighted by atomic mass is 9.86. The van der Waals surface area contributed by atoms with Crippen molar-refractivity contribution in [2.24, 2.45) is 5.92 Å². The Kier molecular flexibility index (Phi) is 5.31. The van der Waals surface area contributed by atoms with E-state index in [1.807, 2.05) is 25.1 Å². The number of fused-ring (bicyclic) bond motifs is 1. The van der Waals surface area contributed by atoms with Crippen LogP contribution < -0.4 is 14.8 Å². The van der Waals surface area contributed by atoms with Gasteiger partial charge in [-0.15, -0.1) is 0 Å². The zero-order valence-electron chi connectivity index (χ0n) is 14.4. The van der Waals surface area contributed by atoms with E-state index in [0.717, 1.165) is 11.3 Å². The molecule has 136 valence electrons. The molecule has 0 aromatic heterocycles. The second-order valence-electron chi connectivity index (χ2n) is 6.54. The molecule has 0 unspecified atom stereocenters. The van der Waals surface area contributed by atoms with Gasteiger partial charge in [0.15, 0.2) is 11.5 Å². The summed E-state index contributed by atoms with van der Waals surface area (Å²) in [7, 11) is 0. The number of urea groups is 1. The standard InChI is InChI=1S/C18H24N2O5/c1-2-20(10-12-3-8-15-16(9-12)25-11-24-15)18(23)19-14-6-4-13(5-7-14)17(21)22/h3,8-9,13-14H,2,4-7,10-11H2,1H3,(H,19,23)(H,21,22). The minimum Gasteiger partial charge on any atom is -0.481 e. The lowest BCUT2D eigenvalue weighted by Gasteiger charge is -2.30. The van der Waals surface area contributed by atoms with Crippen LogP contribution >= 0.6 is 0 Å². The quantitative estimate of drug-likeness (QED) is 0.854. The fourth-order valence-corrected chi connectivity index (χ4v) is 3.34. The van der Waals surface area contributed by atoms with Crippen molar-refractivity contribution in [3.8, 4) is 11.5 Å². The zero-order valence-corrected chi connectivity index (χ0v) is 14.4. The first kappa shape index (κ1) is 17.4. The highest BCUT2D eigenvalue weighted by atomic mass is 16.7. The van der Waals surface area contributed by atoms with Gasteiger partial charge < -0.3 is 24.8 Å². The predicted molar refractivity (Wildman–Crippen MR) is 90.6 cm³/mol. The second-order valence-corrected chi connectivity index (χ2v) is 6.54. The number of rotatable bonds is 5. The predicted octanol–water partition coefficient (Wildman–Crippen LogP) is 2.59. The molecule has 3 rings (SSSR count). The molecule has 0 bridgehead atoms. The van der Waals surface area contributed by atoms with Crippen molar-refractivity contribution in [3.05, 3.63) is 23.8 Å². The van der Waals surface area contributed by atoms with E-state index in [0.29, 0.717) is 44.5 Å². The monoisotopic (exact) mass is 348 g/mol. The molecule has 7 heteroatoms. The van der Waals surface area contributed by atoms with E-state index in [4.69, 9.17) is 14.6 Å². The summed E-state index contributed by atoms with van der Waals surface area (Å²) >= 11 is 0. The van der Waals surface area contributed by atoms with Crippen LogP contribution in [0.3, 0.4) is 0 Å². The van der Waals surface area contributed by atoms with E-state index in [9.17, 15) is 9.59 Å². The van der Waals surface area contributed by atoms with Crippen LogP contribution in [0.2, 0.25) is 0 Å². The van der Waals surface area contributed by atoms with Crippen LogP contribution in [0.25, 0.3) is 0 Å². The summed E-state index contributed by atoms with van der Waals surface area (Å²) in [5, 5.41) is 12.1. The number of carbonyl (C=O) groups is 2. The third-order valence-electron chi connectivity index (χ3n) is 4.88. The minimum absolute atomic E-state index is 0.0499. The molecule has 1 aliphatic heterocycles. The molecular formula is C18H24N2O5. The molecule has 2 amide bonds. The summed E-state index contributed by atoms with van der Waals surface area (Å²) in [6.45, 7) is 3.25. The van der Waals surface area contributed by atoms with Gasteiger partial charge in [-0.1, -0.05) is 6.07 Å². The number of benzene rings is 1. The van der Waals surface area contributed by atoms with Crippen molar-refractivity contribution in [2.45, 2.75) is 45.2 Å². The first-order chi connectivity index (χ1) is 12.1. The molecule has 1 saturated carbocycles. The highest BCUT2D eigenvalue weighted by molar-refractivity contribution is 5.74. The molecule has 1 aromatic carbocycles. The third kappa shape index (κ3) is 4.15. The van der Waals surface area contributed by atoms with Gasteiger partial charge in [-0.2, -0.15) is 0 Å². The summed E-state index contributed by atoms with van der Waals surface area (Å²) < 4.78 is 10.7. The van der Waals surface area contributed by atoms with Crippen molar-refractivity contribution in [3.63, 3.8) is 0 Å². The molecule has 0 spiro atoms. The van der Waals surface area contributed by atoms with Gasteiger partial charge >= 0.3 is 12.0 Å². The molecule has 25 heavy (non-hydrogen) atoms. The maximum Gasteiger partial charge on any atom is 0.317 e. The van der Waals surface area contributed by atoms with Gasteiger partial charge in [0, 0.05) is 19.1 Å². The fraction of sp³-hybridized carbons (Fsp3) is 0.556. The average molecular weight is 348 g/mol. The van der Waals surface area contributed by atoms with Crippen LogP contribution in [0.4, 0.5) is 4.79 Å².